The van der Waals surface area contributed by atoms with Gasteiger partial charge in [0.15, 0.2) is 5.75 Å². The van der Waals surface area contributed by atoms with Gasteiger partial charge in [0.2, 0.25) is 11.8 Å². The van der Waals surface area contributed by atoms with Crippen LogP contribution in [0.2, 0.25) is 10.0 Å². The normalized spacial score (nSPS) is 16.2. The molecular formula is C22H20Cl2N2O6S. The molecule has 1 aliphatic rings. The first-order valence-electron chi connectivity index (χ1n) is 9.80. The van der Waals surface area contributed by atoms with Crippen molar-refractivity contribution in [2.24, 2.45) is 0 Å². The first-order chi connectivity index (χ1) is 15.7. The molecule has 0 bridgehead atoms. The summed E-state index contributed by atoms with van der Waals surface area (Å²) < 4.78 is 5.27. The molecule has 1 fully saturated rings. The highest BCUT2D eigenvalue weighted by Gasteiger charge is 2.35. The van der Waals surface area contributed by atoms with Gasteiger partial charge in [0.25, 0.3) is 0 Å². The van der Waals surface area contributed by atoms with Gasteiger partial charge in [-0.2, -0.15) is 0 Å². The maximum atomic E-state index is 12.6. The Morgan fingerprint density at radius 1 is 1.15 bits per heavy atom. The molecule has 2 aromatic carbocycles. The number of hydrogen-bond acceptors (Lipinski definition) is 6. The molecule has 1 heterocycles. The van der Waals surface area contributed by atoms with Crippen LogP contribution in [0.25, 0.3) is 0 Å². The lowest BCUT2D eigenvalue weighted by Gasteiger charge is -2.23. The number of esters is 1. The Kier molecular flexibility index (Phi) is 8.23. The molecule has 33 heavy (non-hydrogen) atoms. The number of para-hydroxylation sites is 1. The van der Waals surface area contributed by atoms with Crippen LogP contribution >= 0.6 is 35.0 Å². The van der Waals surface area contributed by atoms with Crippen molar-refractivity contribution in [3.63, 3.8) is 0 Å². The van der Waals surface area contributed by atoms with Crippen LogP contribution in [0.15, 0.2) is 42.5 Å². The second kappa shape index (κ2) is 10.9. The Morgan fingerprint density at radius 2 is 1.79 bits per heavy atom. The van der Waals surface area contributed by atoms with E-state index in [-0.39, 0.29) is 33.7 Å². The van der Waals surface area contributed by atoms with Crippen molar-refractivity contribution in [3.05, 3.63) is 63.6 Å². The molecule has 2 atom stereocenters. The molecule has 1 saturated heterocycles. The van der Waals surface area contributed by atoms with Crippen molar-refractivity contribution >= 4 is 58.7 Å². The predicted molar refractivity (Wildman–Crippen MR) is 125 cm³/mol. The topological polar surface area (TPSA) is 113 Å². The van der Waals surface area contributed by atoms with Crippen molar-refractivity contribution in [3.8, 4) is 5.75 Å². The lowest BCUT2D eigenvalue weighted by Crippen LogP contribution is -2.52. The summed E-state index contributed by atoms with van der Waals surface area (Å²) in [6.07, 6.45) is -0.00727. The number of amides is 2. The highest BCUT2D eigenvalue weighted by atomic mass is 35.5. The molecule has 174 valence electrons. The molecule has 0 saturated carbocycles. The summed E-state index contributed by atoms with van der Waals surface area (Å²) in [5, 5.41) is 12.5. The van der Waals surface area contributed by atoms with Gasteiger partial charge in [0, 0.05) is 19.1 Å². The number of rotatable bonds is 7. The van der Waals surface area contributed by atoms with Gasteiger partial charge in [-0.25, -0.2) is 9.59 Å². The first-order valence-corrected chi connectivity index (χ1v) is 11.7. The Morgan fingerprint density at radius 3 is 2.36 bits per heavy atom. The van der Waals surface area contributed by atoms with E-state index in [1.165, 1.54) is 35.7 Å². The second-order valence-electron chi connectivity index (χ2n) is 7.25. The zero-order chi connectivity index (χ0) is 24.1. The Bertz CT molecular complexity index is 1060. The highest BCUT2D eigenvalue weighted by molar-refractivity contribution is 7.99. The summed E-state index contributed by atoms with van der Waals surface area (Å²) in [6.45, 7) is 1.37. The molecule has 0 aliphatic carbocycles. The van der Waals surface area contributed by atoms with Crippen LogP contribution < -0.4 is 10.1 Å². The number of carbonyl (C=O) groups excluding carboxylic acids is 3. The molecule has 0 spiro atoms. The number of halogens is 2. The largest absolute Gasteiger partial charge is 0.480 e. The molecule has 8 nitrogen and oxygen atoms in total. The number of hydrogen-bond donors (Lipinski definition) is 2. The minimum atomic E-state index is -1.21. The standard InChI is InChI=1S/C22H20Cl2N2O6S/c1-12(27)26-11-33-10-18(26)20(28)25-17(21(29)30)9-13-5-7-14(8-6-13)22(31)32-19-15(23)3-2-4-16(19)24/h2-8,17-18H,9-11H2,1H3,(H,25,28)(H,29,30)/t17-,18+/m0/s1. The van der Waals surface area contributed by atoms with Crippen molar-refractivity contribution in [2.45, 2.75) is 25.4 Å². The van der Waals surface area contributed by atoms with Crippen LogP contribution in [0.3, 0.4) is 0 Å². The van der Waals surface area contributed by atoms with E-state index < -0.39 is 29.9 Å². The lowest BCUT2D eigenvalue weighted by molar-refractivity contribution is -0.143. The van der Waals surface area contributed by atoms with Gasteiger partial charge in [-0.1, -0.05) is 41.4 Å². The van der Waals surface area contributed by atoms with Crippen LogP contribution in [-0.4, -0.2) is 57.5 Å². The second-order valence-corrected chi connectivity index (χ2v) is 9.06. The zero-order valence-electron chi connectivity index (χ0n) is 17.4. The number of nitrogens with zero attached hydrogens (tertiary/aromatic N) is 1. The van der Waals surface area contributed by atoms with E-state index in [9.17, 15) is 24.3 Å². The van der Waals surface area contributed by atoms with Crippen LogP contribution in [0.1, 0.15) is 22.8 Å². The molecule has 3 rings (SSSR count). The zero-order valence-corrected chi connectivity index (χ0v) is 19.7. The third-order valence-electron chi connectivity index (χ3n) is 4.95. The van der Waals surface area contributed by atoms with E-state index in [4.69, 9.17) is 27.9 Å². The molecule has 0 radical (unpaired) electrons. The fourth-order valence-electron chi connectivity index (χ4n) is 3.18. The number of carboxylic acid groups (broad SMARTS) is 1. The SMILES string of the molecule is CC(=O)N1CSC[C@@H]1C(=O)N[C@@H](Cc1ccc(C(=O)Oc2c(Cl)cccc2Cl)cc1)C(=O)O. The van der Waals surface area contributed by atoms with E-state index in [0.717, 1.165) is 0 Å². The Hall–Kier alpha value is -2.75. The minimum absolute atomic E-state index is 0.00727. The molecular weight excluding hydrogens is 491 g/mol. The van der Waals surface area contributed by atoms with Gasteiger partial charge in [-0.15, -0.1) is 11.8 Å². The van der Waals surface area contributed by atoms with E-state index in [1.54, 1.807) is 30.3 Å². The molecule has 2 N–H and O–H groups in total. The molecule has 2 amide bonds. The van der Waals surface area contributed by atoms with E-state index >= 15 is 0 Å². The van der Waals surface area contributed by atoms with Crippen molar-refractivity contribution < 1.29 is 29.0 Å². The van der Waals surface area contributed by atoms with Crippen molar-refractivity contribution in [1.29, 1.82) is 0 Å². The summed E-state index contributed by atoms with van der Waals surface area (Å²) in [7, 11) is 0. The predicted octanol–water partition coefficient (Wildman–Crippen LogP) is 3.25. The Labute approximate surface area is 204 Å². The summed E-state index contributed by atoms with van der Waals surface area (Å²) in [4.78, 5) is 49.8. The average Bonchev–Trinajstić information content (AvgIpc) is 3.27. The van der Waals surface area contributed by atoms with E-state index in [0.29, 0.717) is 17.2 Å². The molecule has 11 heteroatoms. The fraction of sp³-hybridized carbons (Fsp3) is 0.273. The summed E-state index contributed by atoms with van der Waals surface area (Å²) >= 11 is 13.5. The quantitative estimate of drug-likeness (QED) is 0.434. The van der Waals surface area contributed by atoms with Gasteiger partial charge >= 0.3 is 11.9 Å². The van der Waals surface area contributed by atoms with Gasteiger partial charge in [0.1, 0.15) is 12.1 Å². The van der Waals surface area contributed by atoms with Crippen molar-refractivity contribution in [2.75, 3.05) is 11.6 Å². The fourth-order valence-corrected chi connectivity index (χ4v) is 4.88. The number of thioether (sulfide) groups is 1. The molecule has 2 aromatic rings. The number of carbonyl (C=O) groups is 4. The van der Waals surface area contributed by atoms with Gasteiger partial charge in [0.05, 0.1) is 21.5 Å². The van der Waals surface area contributed by atoms with Gasteiger partial charge in [-0.05, 0) is 29.8 Å². The first kappa shape index (κ1) is 24.9. The monoisotopic (exact) mass is 510 g/mol. The third-order valence-corrected chi connectivity index (χ3v) is 6.55. The molecule has 1 aliphatic heterocycles. The van der Waals surface area contributed by atoms with Gasteiger partial charge in [-0.3, -0.25) is 9.59 Å². The van der Waals surface area contributed by atoms with E-state index in [1.807, 2.05) is 0 Å². The highest BCUT2D eigenvalue weighted by Crippen LogP contribution is 2.33. The maximum absolute atomic E-state index is 12.6. The summed E-state index contributed by atoms with van der Waals surface area (Å²) in [5.74, 6) is -1.80. The van der Waals surface area contributed by atoms with Crippen LogP contribution in [0, 0.1) is 0 Å². The van der Waals surface area contributed by atoms with Crippen LogP contribution in [-0.2, 0) is 20.8 Å². The van der Waals surface area contributed by atoms with Crippen LogP contribution in [0.4, 0.5) is 0 Å². The molecule has 0 unspecified atom stereocenters. The smallest absolute Gasteiger partial charge is 0.343 e. The third kappa shape index (κ3) is 6.19. The minimum Gasteiger partial charge on any atom is -0.480 e. The molecule has 0 aromatic heterocycles. The van der Waals surface area contributed by atoms with Gasteiger partial charge < -0.3 is 20.1 Å². The number of nitrogens with one attached hydrogen (secondary N) is 1. The lowest BCUT2D eigenvalue weighted by atomic mass is 10.0. The van der Waals surface area contributed by atoms with E-state index in [2.05, 4.69) is 5.32 Å². The van der Waals surface area contributed by atoms with Crippen LogP contribution in [0.5, 0.6) is 5.75 Å². The number of carboxylic acids is 1. The number of benzene rings is 2. The summed E-state index contributed by atoms with van der Waals surface area (Å²) in [6, 6.07) is 8.90. The number of aliphatic carboxylic acids is 1. The average molecular weight is 511 g/mol. The Balaban J connectivity index is 1.65. The van der Waals surface area contributed by atoms with Crippen molar-refractivity contribution in [1.82, 2.24) is 10.2 Å². The summed E-state index contributed by atoms with van der Waals surface area (Å²) in [5.41, 5.74) is 0.796. The maximum Gasteiger partial charge on any atom is 0.343 e. The number of ether oxygens (including phenoxy) is 1.